The number of amides is 2. The van der Waals surface area contributed by atoms with Crippen molar-refractivity contribution in [2.24, 2.45) is 0 Å². The lowest BCUT2D eigenvalue weighted by atomic mass is 9.94. The molecule has 2 amide bonds. The number of nitrogens with zero attached hydrogens (tertiary/aromatic N) is 1. The Balaban J connectivity index is 2.19. The van der Waals surface area contributed by atoms with Crippen molar-refractivity contribution in [3.8, 4) is 0 Å². The summed E-state index contributed by atoms with van der Waals surface area (Å²) in [4.78, 5) is 13.3. The Morgan fingerprint density at radius 3 is 1.84 bits per heavy atom. The van der Waals surface area contributed by atoms with Crippen LogP contribution in [0.2, 0.25) is 0 Å². The fourth-order valence-electron chi connectivity index (χ4n) is 2.34. The van der Waals surface area contributed by atoms with Crippen LogP contribution >= 0.6 is 0 Å². The van der Waals surface area contributed by atoms with E-state index in [-0.39, 0.29) is 5.69 Å². The zero-order valence-corrected chi connectivity index (χ0v) is 12.6. The van der Waals surface area contributed by atoms with Crippen LogP contribution in [0.4, 0.5) is 41.2 Å². The SMILES string of the molecule is O=C(Nc1ccc(C(F)(C(F)(F)F)C(F)(F)F)cc1)N1CCNCC1. The molecule has 0 spiro atoms. The maximum Gasteiger partial charge on any atom is 0.435 e. The first-order valence-electron chi connectivity index (χ1n) is 7.16. The van der Waals surface area contributed by atoms with Crippen LogP contribution in [0.5, 0.6) is 0 Å². The molecule has 1 saturated heterocycles. The molecule has 1 fully saturated rings. The molecule has 1 heterocycles. The maximum atomic E-state index is 13.9. The van der Waals surface area contributed by atoms with Crippen molar-refractivity contribution in [3.63, 3.8) is 0 Å². The molecule has 0 bridgehead atoms. The molecule has 140 valence electrons. The van der Waals surface area contributed by atoms with Gasteiger partial charge in [-0.15, -0.1) is 0 Å². The smallest absolute Gasteiger partial charge is 0.322 e. The Morgan fingerprint density at radius 2 is 1.40 bits per heavy atom. The van der Waals surface area contributed by atoms with E-state index in [9.17, 15) is 35.5 Å². The summed E-state index contributed by atoms with van der Waals surface area (Å²) in [5, 5.41) is 5.35. The molecule has 1 aromatic carbocycles. The van der Waals surface area contributed by atoms with Crippen LogP contribution in [0.25, 0.3) is 0 Å². The molecule has 0 atom stereocenters. The lowest BCUT2D eigenvalue weighted by Gasteiger charge is -2.30. The highest BCUT2D eigenvalue weighted by Crippen LogP contribution is 2.53. The van der Waals surface area contributed by atoms with Gasteiger partial charge in [-0.05, 0) is 12.1 Å². The topological polar surface area (TPSA) is 44.4 Å². The molecule has 0 aromatic heterocycles. The maximum absolute atomic E-state index is 13.9. The van der Waals surface area contributed by atoms with E-state index in [4.69, 9.17) is 0 Å². The summed E-state index contributed by atoms with van der Waals surface area (Å²) < 4.78 is 89.8. The number of hydrogen-bond acceptors (Lipinski definition) is 2. The summed E-state index contributed by atoms with van der Waals surface area (Å²) in [6.07, 6.45) is -12.3. The van der Waals surface area contributed by atoms with Crippen LogP contribution in [0.15, 0.2) is 24.3 Å². The largest absolute Gasteiger partial charge is 0.435 e. The van der Waals surface area contributed by atoms with Gasteiger partial charge >= 0.3 is 24.1 Å². The zero-order chi connectivity index (χ0) is 18.9. The highest BCUT2D eigenvalue weighted by atomic mass is 19.4. The molecule has 4 nitrogen and oxygen atoms in total. The van der Waals surface area contributed by atoms with Gasteiger partial charge in [0.25, 0.3) is 0 Å². The molecule has 1 aliphatic heterocycles. The minimum Gasteiger partial charge on any atom is -0.322 e. The highest BCUT2D eigenvalue weighted by molar-refractivity contribution is 5.89. The van der Waals surface area contributed by atoms with Gasteiger partial charge in [-0.1, -0.05) is 12.1 Å². The number of benzene rings is 1. The second kappa shape index (κ2) is 6.70. The van der Waals surface area contributed by atoms with Crippen molar-refractivity contribution in [2.45, 2.75) is 18.0 Å². The van der Waals surface area contributed by atoms with E-state index >= 15 is 0 Å². The van der Waals surface area contributed by atoms with Gasteiger partial charge in [0, 0.05) is 37.4 Å². The third-order valence-electron chi connectivity index (χ3n) is 3.72. The lowest BCUT2D eigenvalue weighted by molar-refractivity contribution is -0.348. The average Bonchev–Trinajstić information content (AvgIpc) is 2.53. The van der Waals surface area contributed by atoms with Crippen LogP contribution in [0.1, 0.15) is 5.56 Å². The molecular weight excluding hydrogens is 359 g/mol. The van der Waals surface area contributed by atoms with E-state index in [1.54, 1.807) is 0 Å². The molecule has 2 rings (SSSR count). The van der Waals surface area contributed by atoms with Gasteiger partial charge in [0.15, 0.2) is 0 Å². The molecule has 2 N–H and O–H groups in total. The van der Waals surface area contributed by atoms with E-state index < -0.39 is 29.6 Å². The summed E-state index contributed by atoms with van der Waals surface area (Å²) in [6.45, 7) is 1.93. The Kier molecular flexibility index (Phi) is 5.17. The summed E-state index contributed by atoms with van der Waals surface area (Å²) >= 11 is 0. The number of carbonyl (C=O) groups is 1. The number of piperazine rings is 1. The number of urea groups is 1. The summed E-state index contributed by atoms with van der Waals surface area (Å²) in [6, 6.07) is 1.75. The number of anilines is 1. The molecule has 25 heavy (non-hydrogen) atoms. The lowest BCUT2D eigenvalue weighted by Crippen LogP contribution is -2.50. The number of halogens is 7. The molecule has 0 aliphatic carbocycles. The van der Waals surface area contributed by atoms with Crippen molar-refractivity contribution < 1.29 is 35.5 Å². The van der Waals surface area contributed by atoms with Crippen molar-refractivity contribution >= 4 is 11.7 Å². The predicted molar refractivity (Wildman–Crippen MR) is 74.8 cm³/mol. The minimum atomic E-state index is -6.17. The van der Waals surface area contributed by atoms with E-state index in [2.05, 4.69) is 10.6 Å². The normalized spacial score (nSPS) is 16.7. The van der Waals surface area contributed by atoms with Gasteiger partial charge in [-0.3, -0.25) is 0 Å². The van der Waals surface area contributed by atoms with Crippen LogP contribution in [-0.4, -0.2) is 49.5 Å². The van der Waals surface area contributed by atoms with E-state index in [0.717, 1.165) is 12.1 Å². The van der Waals surface area contributed by atoms with Gasteiger partial charge in [-0.25, -0.2) is 9.18 Å². The first kappa shape index (κ1) is 19.3. The number of nitrogens with one attached hydrogen (secondary N) is 2. The summed E-state index contributed by atoms with van der Waals surface area (Å²) in [5.41, 5.74) is -7.13. The first-order valence-corrected chi connectivity index (χ1v) is 7.16. The van der Waals surface area contributed by atoms with Gasteiger partial charge in [0.1, 0.15) is 0 Å². The molecule has 0 unspecified atom stereocenters. The summed E-state index contributed by atoms with van der Waals surface area (Å²) in [7, 11) is 0. The number of carbonyl (C=O) groups excluding carboxylic acids is 1. The highest BCUT2D eigenvalue weighted by Gasteiger charge is 2.73. The molecule has 11 heteroatoms. The predicted octanol–water partition coefficient (Wildman–Crippen LogP) is 3.41. The van der Waals surface area contributed by atoms with Crippen molar-refractivity contribution in [1.82, 2.24) is 10.2 Å². The Morgan fingerprint density at radius 1 is 0.920 bits per heavy atom. The van der Waals surface area contributed by atoms with Gasteiger partial charge in [0.05, 0.1) is 0 Å². The molecule has 0 radical (unpaired) electrons. The molecule has 1 aromatic rings. The number of hydrogen-bond donors (Lipinski definition) is 2. The number of rotatable bonds is 2. The molecule has 1 aliphatic rings. The Labute approximate surface area is 138 Å². The monoisotopic (exact) mass is 373 g/mol. The van der Waals surface area contributed by atoms with Crippen LogP contribution in [-0.2, 0) is 5.67 Å². The van der Waals surface area contributed by atoms with Crippen molar-refractivity contribution in [1.29, 1.82) is 0 Å². The van der Waals surface area contributed by atoms with Gasteiger partial charge in [-0.2, -0.15) is 26.3 Å². The molecule has 0 saturated carbocycles. The van der Waals surface area contributed by atoms with Crippen LogP contribution in [0.3, 0.4) is 0 Å². The fourth-order valence-corrected chi connectivity index (χ4v) is 2.34. The second-order valence-corrected chi connectivity index (χ2v) is 5.40. The van der Waals surface area contributed by atoms with Gasteiger partial charge in [0.2, 0.25) is 0 Å². The van der Waals surface area contributed by atoms with Crippen LogP contribution < -0.4 is 10.6 Å². The van der Waals surface area contributed by atoms with Gasteiger partial charge < -0.3 is 15.5 Å². The Hall–Kier alpha value is -2.04. The Bertz CT molecular complexity index is 592. The third kappa shape index (κ3) is 3.80. The van der Waals surface area contributed by atoms with E-state index in [1.165, 1.54) is 4.90 Å². The zero-order valence-electron chi connectivity index (χ0n) is 12.6. The van der Waals surface area contributed by atoms with E-state index in [1.807, 2.05) is 0 Å². The van der Waals surface area contributed by atoms with E-state index in [0.29, 0.717) is 38.3 Å². The standard InChI is InChI=1S/C14H14F7N3O/c15-12(13(16,17)18,14(19,20)21)9-1-3-10(4-2-9)23-11(25)24-7-5-22-6-8-24/h1-4,22H,5-8H2,(H,23,25). The quantitative estimate of drug-likeness (QED) is 0.781. The summed E-state index contributed by atoms with van der Waals surface area (Å²) in [5.74, 6) is 0. The molecular formula is C14H14F7N3O. The number of alkyl halides is 7. The van der Waals surface area contributed by atoms with Crippen molar-refractivity contribution in [3.05, 3.63) is 29.8 Å². The van der Waals surface area contributed by atoms with Crippen molar-refractivity contribution in [2.75, 3.05) is 31.5 Å². The average molecular weight is 373 g/mol. The fraction of sp³-hybridized carbons (Fsp3) is 0.500. The first-order chi connectivity index (χ1) is 11.5. The van der Waals surface area contributed by atoms with Crippen LogP contribution in [0, 0.1) is 0 Å². The minimum absolute atomic E-state index is 0.0426. The second-order valence-electron chi connectivity index (χ2n) is 5.40. The third-order valence-corrected chi connectivity index (χ3v) is 3.72.